The van der Waals surface area contributed by atoms with Crippen molar-refractivity contribution < 1.29 is 4.52 Å². The van der Waals surface area contributed by atoms with Gasteiger partial charge < -0.3 is 10.3 Å². The molecule has 1 fully saturated rings. The lowest BCUT2D eigenvalue weighted by Gasteiger charge is -2.17. The van der Waals surface area contributed by atoms with Crippen LogP contribution in [0.25, 0.3) is 22.0 Å². The second-order valence-electron chi connectivity index (χ2n) is 6.66. The van der Waals surface area contributed by atoms with Crippen LogP contribution in [0.2, 0.25) is 0 Å². The second-order valence-corrected chi connectivity index (χ2v) is 7.54. The summed E-state index contributed by atoms with van der Waals surface area (Å²) in [5.74, 6) is 0.828. The zero-order valence-electron chi connectivity index (χ0n) is 14.5. The van der Waals surface area contributed by atoms with Gasteiger partial charge in [0, 0.05) is 34.1 Å². The Kier molecular flexibility index (Phi) is 4.50. The van der Waals surface area contributed by atoms with Crippen molar-refractivity contribution in [3.8, 4) is 11.1 Å². The van der Waals surface area contributed by atoms with Crippen LogP contribution in [-0.2, 0) is 0 Å². The number of aryl methyl sites for hydroxylation is 2. The summed E-state index contributed by atoms with van der Waals surface area (Å²) in [6.45, 7) is 3.91. The Balaban J connectivity index is 1.74. The molecule has 6 heteroatoms. The summed E-state index contributed by atoms with van der Waals surface area (Å²) in [4.78, 5) is 5.70. The largest absolute Gasteiger partial charge is 0.361 e. The van der Waals surface area contributed by atoms with Crippen molar-refractivity contribution in [3.05, 3.63) is 41.9 Å². The van der Waals surface area contributed by atoms with E-state index in [4.69, 9.17) is 10.3 Å². The minimum absolute atomic E-state index is 0.239. The molecule has 0 radical (unpaired) electrons. The Bertz CT molecular complexity index is 888. The molecule has 3 N–H and O–H groups in total. The van der Waals surface area contributed by atoms with Crippen LogP contribution in [0.5, 0.6) is 0 Å². The number of nitrogens with one attached hydrogen (secondary N) is 1. The van der Waals surface area contributed by atoms with Crippen LogP contribution < -0.4 is 10.5 Å². The van der Waals surface area contributed by atoms with E-state index in [0.29, 0.717) is 6.04 Å². The van der Waals surface area contributed by atoms with Gasteiger partial charge in [-0.2, -0.15) is 0 Å². The first-order valence-corrected chi connectivity index (χ1v) is 9.45. The molecule has 1 aromatic carbocycles. The molecule has 2 atom stereocenters. The fourth-order valence-electron chi connectivity index (χ4n) is 3.55. The van der Waals surface area contributed by atoms with Gasteiger partial charge in [-0.05, 0) is 62.4 Å². The summed E-state index contributed by atoms with van der Waals surface area (Å²) in [6.07, 6.45) is 5.25. The zero-order chi connectivity index (χ0) is 17.4. The van der Waals surface area contributed by atoms with Gasteiger partial charge in [0.2, 0.25) is 0 Å². The van der Waals surface area contributed by atoms with Crippen LogP contribution >= 0.6 is 11.9 Å². The van der Waals surface area contributed by atoms with Crippen LogP contribution in [0.4, 0.5) is 0 Å². The molecule has 130 valence electrons. The van der Waals surface area contributed by atoms with E-state index in [1.165, 1.54) is 6.42 Å². The third kappa shape index (κ3) is 3.17. The van der Waals surface area contributed by atoms with E-state index < -0.39 is 0 Å². The van der Waals surface area contributed by atoms with Gasteiger partial charge in [-0.25, -0.2) is 0 Å². The first kappa shape index (κ1) is 16.6. The predicted octanol–water partition coefficient (Wildman–Crippen LogP) is 3.98. The maximum Gasteiger partial charge on any atom is 0.141 e. The van der Waals surface area contributed by atoms with Gasteiger partial charge >= 0.3 is 0 Å². The van der Waals surface area contributed by atoms with Gasteiger partial charge in [-0.3, -0.25) is 9.71 Å². The zero-order valence-corrected chi connectivity index (χ0v) is 15.3. The highest BCUT2D eigenvalue weighted by molar-refractivity contribution is 7.97. The molecule has 1 saturated carbocycles. The molecule has 0 saturated heterocycles. The number of pyridine rings is 1. The molecule has 4 rings (SSSR count). The van der Waals surface area contributed by atoms with Crippen LogP contribution in [0, 0.1) is 13.8 Å². The number of fused-ring (bicyclic) bond motifs is 1. The third-order valence-electron chi connectivity index (χ3n) is 4.89. The number of aromatic nitrogens is 2. The van der Waals surface area contributed by atoms with E-state index in [1.54, 1.807) is 11.9 Å². The van der Waals surface area contributed by atoms with E-state index in [0.717, 1.165) is 51.2 Å². The molecule has 0 aliphatic heterocycles. The summed E-state index contributed by atoms with van der Waals surface area (Å²) in [5, 5.41) is 5.23. The van der Waals surface area contributed by atoms with Crippen molar-refractivity contribution in [2.45, 2.75) is 50.1 Å². The van der Waals surface area contributed by atoms with E-state index >= 15 is 0 Å². The number of benzene rings is 1. The number of nitrogens with zero attached hydrogens (tertiary/aromatic N) is 2. The predicted molar refractivity (Wildman–Crippen MR) is 101 cm³/mol. The number of hydrogen-bond donors (Lipinski definition) is 2. The minimum atomic E-state index is 0.239. The summed E-state index contributed by atoms with van der Waals surface area (Å²) < 4.78 is 8.91. The van der Waals surface area contributed by atoms with Crippen molar-refractivity contribution >= 4 is 22.9 Å². The van der Waals surface area contributed by atoms with Gasteiger partial charge in [0.25, 0.3) is 0 Å². The summed E-state index contributed by atoms with van der Waals surface area (Å²) in [6, 6.07) is 8.98. The highest BCUT2D eigenvalue weighted by atomic mass is 32.2. The van der Waals surface area contributed by atoms with Gasteiger partial charge in [-0.1, -0.05) is 17.6 Å². The fraction of sp³-hybridized carbons (Fsp3) is 0.368. The Labute approximate surface area is 151 Å². The smallest absolute Gasteiger partial charge is 0.141 e. The Morgan fingerprint density at radius 2 is 2.16 bits per heavy atom. The first-order chi connectivity index (χ1) is 12.1. The summed E-state index contributed by atoms with van der Waals surface area (Å²) in [7, 11) is 0. The molecule has 2 heterocycles. The van der Waals surface area contributed by atoms with Crippen molar-refractivity contribution in [2.75, 3.05) is 0 Å². The number of hydrogen-bond acceptors (Lipinski definition) is 6. The maximum absolute atomic E-state index is 6.19. The van der Waals surface area contributed by atoms with Crippen molar-refractivity contribution in [1.29, 1.82) is 0 Å². The lowest BCUT2D eigenvalue weighted by molar-refractivity contribution is 0.393. The van der Waals surface area contributed by atoms with E-state index in [1.807, 2.05) is 26.1 Å². The van der Waals surface area contributed by atoms with Crippen LogP contribution in [-0.4, -0.2) is 22.2 Å². The van der Waals surface area contributed by atoms with Crippen molar-refractivity contribution in [1.82, 2.24) is 14.9 Å². The van der Waals surface area contributed by atoms with Crippen LogP contribution in [0.3, 0.4) is 0 Å². The SMILES string of the molecule is Cc1noc(C)c1-c1cc(SNC2CCCC2N)c2cccnc2c1. The highest BCUT2D eigenvalue weighted by Crippen LogP contribution is 2.35. The quantitative estimate of drug-likeness (QED) is 0.690. The average Bonchev–Trinajstić information content (AvgIpc) is 3.17. The van der Waals surface area contributed by atoms with Gasteiger partial charge in [0.1, 0.15) is 5.76 Å². The molecule has 3 aromatic rings. The van der Waals surface area contributed by atoms with Crippen molar-refractivity contribution in [3.63, 3.8) is 0 Å². The topological polar surface area (TPSA) is 77.0 Å². The van der Waals surface area contributed by atoms with Crippen LogP contribution in [0.15, 0.2) is 39.9 Å². The second kappa shape index (κ2) is 6.78. The molecule has 25 heavy (non-hydrogen) atoms. The molecule has 0 spiro atoms. The Morgan fingerprint density at radius 3 is 2.88 bits per heavy atom. The minimum Gasteiger partial charge on any atom is -0.361 e. The molecule has 5 nitrogen and oxygen atoms in total. The molecule has 0 bridgehead atoms. The molecule has 1 aliphatic carbocycles. The van der Waals surface area contributed by atoms with Crippen molar-refractivity contribution in [2.24, 2.45) is 5.73 Å². The van der Waals surface area contributed by atoms with E-state index in [-0.39, 0.29) is 6.04 Å². The monoisotopic (exact) mass is 354 g/mol. The van der Waals surface area contributed by atoms with Gasteiger partial charge in [0.15, 0.2) is 0 Å². The Morgan fingerprint density at radius 1 is 1.28 bits per heavy atom. The number of rotatable bonds is 4. The fourth-order valence-corrected chi connectivity index (χ4v) is 4.59. The molecule has 0 amide bonds. The molecular weight excluding hydrogens is 332 g/mol. The lowest BCUT2D eigenvalue weighted by atomic mass is 10.0. The van der Waals surface area contributed by atoms with Gasteiger partial charge in [-0.15, -0.1) is 0 Å². The average molecular weight is 354 g/mol. The van der Waals surface area contributed by atoms with Gasteiger partial charge in [0.05, 0.1) is 11.2 Å². The standard InChI is InChI=1S/C19H22N4OS/c1-11-19(12(2)24-22-11)13-9-17-14(5-4-8-21-17)18(10-13)25-23-16-7-3-6-15(16)20/h4-5,8-10,15-16,23H,3,6-7,20H2,1-2H3. The molecular formula is C19H22N4OS. The highest BCUT2D eigenvalue weighted by Gasteiger charge is 2.24. The van der Waals surface area contributed by atoms with Crippen LogP contribution in [0.1, 0.15) is 30.7 Å². The lowest BCUT2D eigenvalue weighted by Crippen LogP contribution is -2.37. The first-order valence-electron chi connectivity index (χ1n) is 8.63. The number of nitrogens with two attached hydrogens (primary N) is 1. The van der Waals surface area contributed by atoms with E-state index in [9.17, 15) is 0 Å². The van der Waals surface area contributed by atoms with E-state index in [2.05, 4.69) is 33.1 Å². The normalized spacial score (nSPS) is 20.4. The Hall–Kier alpha value is -1.89. The third-order valence-corrected chi connectivity index (χ3v) is 5.87. The molecule has 2 unspecified atom stereocenters. The summed E-state index contributed by atoms with van der Waals surface area (Å²) in [5.41, 5.74) is 10.2. The molecule has 2 aromatic heterocycles. The molecule has 1 aliphatic rings. The maximum atomic E-state index is 6.19. The summed E-state index contributed by atoms with van der Waals surface area (Å²) >= 11 is 1.65.